The number of hydrogen-bond donors (Lipinski definition) is 1. The molecule has 4 rings (SSSR count). The number of anilines is 2. The molecule has 4 nitrogen and oxygen atoms in total. The van der Waals surface area contributed by atoms with Crippen molar-refractivity contribution in [3.8, 4) is 11.3 Å². The minimum atomic E-state index is -0.314. The highest BCUT2D eigenvalue weighted by molar-refractivity contribution is 6.34. The van der Waals surface area contributed by atoms with Gasteiger partial charge in [-0.2, -0.15) is 0 Å². The van der Waals surface area contributed by atoms with Crippen LogP contribution in [-0.2, 0) is 0 Å². The maximum Gasteiger partial charge on any atom is 0.291 e. The molecule has 0 saturated carbocycles. The summed E-state index contributed by atoms with van der Waals surface area (Å²) >= 11 is 12.4. The third kappa shape index (κ3) is 3.82. The molecule has 1 aromatic heterocycles. The molecule has 1 fully saturated rings. The van der Waals surface area contributed by atoms with Crippen LogP contribution in [0.5, 0.6) is 0 Å². The second-order valence-corrected chi connectivity index (χ2v) is 7.30. The van der Waals surface area contributed by atoms with Gasteiger partial charge in [0.25, 0.3) is 5.91 Å². The third-order valence-corrected chi connectivity index (χ3v) is 5.14. The van der Waals surface area contributed by atoms with Crippen LogP contribution in [0.1, 0.15) is 23.4 Å². The van der Waals surface area contributed by atoms with Gasteiger partial charge in [-0.05, 0) is 49.2 Å². The Labute approximate surface area is 167 Å². The van der Waals surface area contributed by atoms with Crippen LogP contribution in [0.25, 0.3) is 11.3 Å². The first-order chi connectivity index (χ1) is 13.1. The molecule has 0 atom stereocenters. The van der Waals surface area contributed by atoms with E-state index in [1.807, 2.05) is 30.3 Å². The Kier molecular flexibility index (Phi) is 5.10. The van der Waals surface area contributed by atoms with Gasteiger partial charge in [-0.25, -0.2) is 0 Å². The van der Waals surface area contributed by atoms with Crippen molar-refractivity contribution >= 4 is 40.5 Å². The number of nitrogens with one attached hydrogen (secondary N) is 1. The molecule has 0 aliphatic carbocycles. The van der Waals surface area contributed by atoms with E-state index >= 15 is 0 Å². The summed E-state index contributed by atoms with van der Waals surface area (Å²) < 4.78 is 5.74. The summed E-state index contributed by atoms with van der Waals surface area (Å²) in [6.07, 6.45) is 2.25. The smallest absolute Gasteiger partial charge is 0.291 e. The van der Waals surface area contributed by atoms with Gasteiger partial charge in [0.1, 0.15) is 5.76 Å². The van der Waals surface area contributed by atoms with Crippen LogP contribution in [-0.4, -0.2) is 19.0 Å². The van der Waals surface area contributed by atoms with E-state index in [1.165, 1.54) is 0 Å². The Hall–Kier alpha value is -2.43. The molecule has 0 unspecified atom stereocenters. The number of furan rings is 1. The van der Waals surface area contributed by atoms with Gasteiger partial charge in [0.2, 0.25) is 0 Å². The van der Waals surface area contributed by atoms with Crippen molar-refractivity contribution in [2.24, 2.45) is 0 Å². The van der Waals surface area contributed by atoms with E-state index in [2.05, 4.69) is 10.2 Å². The highest BCUT2D eigenvalue weighted by Crippen LogP contribution is 2.36. The van der Waals surface area contributed by atoms with E-state index in [1.54, 1.807) is 24.3 Å². The largest absolute Gasteiger partial charge is 0.451 e. The minimum absolute atomic E-state index is 0.234. The van der Waals surface area contributed by atoms with Gasteiger partial charge < -0.3 is 14.6 Å². The summed E-state index contributed by atoms with van der Waals surface area (Å²) in [5.41, 5.74) is 2.38. The standard InChI is InChI=1S/C21H18Cl2N2O2/c22-15-6-3-5-14(13-15)18-9-10-19(27-18)21(26)24-17-8-4-7-16(23)20(17)25-11-1-2-12-25/h3-10,13H,1-2,11-12H2,(H,24,26). The fourth-order valence-corrected chi connectivity index (χ4v) is 3.80. The van der Waals surface area contributed by atoms with Crippen LogP contribution >= 0.6 is 23.2 Å². The molecule has 3 aromatic rings. The molecule has 1 saturated heterocycles. The molecule has 1 aliphatic rings. The number of carbonyl (C=O) groups is 1. The van der Waals surface area contributed by atoms with Gasteiger partial charge in [0.05, 0.1) is 16.4 Å². The van der Waals surface area contributed by atoms with E-state index in [-0.39, 0.29) is 11.7 Å². The molecule has 138 valence electrons. The van der Waals surface area contributed by atoms with Crippen molar-refractivity contribution in [2.75, 3.05) is 23.3 Å². The Bertz CT molecular complexity index is 978. The second kappa shape index (κ2) is 7.67. The Balaban J connectivity index is 1.58. The Morgan fingerprint density at radius 3 is 2.56 bits per heavy atom. The normalized spacial score (nSPS) is 13.8. The first kappa shape index (κ1) is 18.0. The van der Waals surface area contributed by atoms with E-state index < -0.39 is 0 Å². The summed E-state index contributed by atoms with van der Waals surface area (Å²) in [5.74, 6) is 0.511. The van der Waals surface area contributed by atoms with Gasteiger partial charge in [-0.1, -0.05) is 41.4 Å². The number of halogens is 2. The molecule has 2 heterocycles. The van der Waals surface area contributed by atoms with Crippen molar-refractivity contribution in [1.29, 1.82) is 0 Å². The Morgan fingerprint density at radius 2 is 1.78 bits per heavy atom. The molecular formula is C21H18Cl2N2O2. The lowest BCUT2D eigenvalue weighted by atomic mass is 10.2. The highest BCUT2D eigenvalue weighted by atomic mass is 35.5. The van der Waals surface area contributed by atoms with Crippen LogP contribution < -0.4 is 10.2 Å². The van der Waals surface area contributed by atoms with Crippen LogP contribution in [0.3, 0.4) is 0 Å². The summed E-state index contributed by atoms with van der Waals surface area (Å²) in [6.45, 7) is 1.87. The van der Waals surface area contributed by atoms with Crippen LogP contribution in [0.2, 0.25) is 10.0 Å². The number of nitrogens with zero attached hydrogens (tertiary/aromatic N) is 1. The average molecular weight is 401 g/mol. The molecule has 0 spiro atoms. The number of para-hydroxylation sites is 1. The van der Waals surface area contributed by atoms with E-state index in [0.717, 1.165) is 37.2 Å². The molecule has 6 heteroatoms. The zero-order valence-corrected chi connectivity index (χ0v) is 16.1. The zero-order chi connectivity index (χ0) is 18.8. The lowest BCUT2D eigenvalue weighted by Crippen LogP contribution is -2.21. The maximum absolute atomic E-state index is 12.7. The first-order valence-electron chi connectivity index (χ1n) is 8.82. The van der Waals surface area contributed by atoms with Crippen molar-refractivity contribution in [2.45, 2.75) is 12.8 Å². The number of hydrogen-bond acceptors (Lipinski definition) is 3. The van der Waals surface area contributed by atoms with Crippen LogP contribution in [0.4, 0.5) is 11.4 Å². The second-order valence-electron chi connectivity index (χ2n) is 6.46. The molecule has 1 aliphatic heterocycles. The van der Waals surface area contributed by atoms with Gasteiger partial charge in [0.15, 0.2) is 5.76 Å². The molecule has 1 N–H and O–H groups in total. The maximum atomic E-state index is 12.7. The fraction of sp³-hybridized carbons (Fsp3) is 0.190. The van der Waals surface area contributed by atoms with E-state index in [4.69, 9.17) is 27.6 Å². The van der Waals surface area contributed by atoms with Gasteiger partial charge >= 0.3 is 0 Å². The zero-order valence-electron chi connectivity index (χ0n) is 14.5. The van der Waals surface area contributed by atoms with Crippen molar-refractivity contribution in [1.82, 2.24) is 0 Å². The van der Waals surface area contributed by atoms with Crippen molar-refractivity contribution < 1.29 is 9.21 Å². The molecule has 27 heavy (non-hydrogen) atoms. The average Bonchev–Trinajstić information content (AvgIpc) is 3.34. The number of amides is 1. The predicted molar refractivity (Wildman–Crippen MR) is 110 cm³/mol. The number of carbonyl (C=O) groups excluding carboxylic acids is 1. The van der Waals surface area contributed by atoms with Crippen molar-refractivity contribution in [3.63, 3.8) is 0 Å². The first-order valence-corrected chi connectivity index (χ1v) is 9.58. The van der Waals surface area contributed by atoms with Gasteiger partial charge in [-0.15, -0.1) is 0 Å². The molecule has 2 aromatic carbocycles. The quantitative estimate of drug-likeness (QED) is 0.574. The monoisotopic (exact) mass is 400 g/mol. The lowest BCUT2D eigenvalue weighted by molar-refractivity contribution is 0.0997. The predicted octanol–water partition coefficient (Wildman–Crippen LogP) is 6.11. The summed E-state index contributed by atoms with van der Waals surface area (Å²) in [6, 6.07) is 16.3. The van der Waals surface area contributed by atoms with Gasteiger partial charge in [0, 0.05) is 23.7 Å². The third-order valence-electron chi connectivity index (χ3n) is 4.60. The van der Waals surface area contributed by atoms with Crippen molar-refractivity contribution in [3.05, 3.63) is 70.4 Å². The fourth-order valence-electron chi connectivity index (χ4n) is 3.32. The SMILES string of the molecule is O=C(Nc1cccc(Cl)c1N1CCCC1)c1ccc(-c2cccc(Cl)c2)o1. The summed E-state index contributed by atoms with van der Waals surface area (Å²) in [5, 5.41) is 4.18. The van der Waals surface area contributed by atoms with Crippen LogP contribution in [0.15, 0.2) is 59.0 Å². The summed E-state index contributed by atoms with van der Waals surface area (Å²) in [4.78, 5) is 14.9. The number of benzene rings is 2. The molecule has 0 radical (unpaired) electrons. The molecule has 1 amide bonds. The van der Waals surface area contributed by atoms with Crippen LogP contribution in [0, 0.1) is 0 Å². The van der Waals surface area contributed by atoms with E-state index in [0.29, 0.717) is 21.5 Å². The molecular weight excluding hydrogens is 383 g/mol. The van der Waals surface area contributed by atoms with E-state index in [9.17, 15) is 4.79 Å². The summed E-state index contributed by atoms with van der Waals surface area (Å²) in [7, 11) is 0. The lowest BCUT2D eigenvalue weighted by Gasteiger charge is -2.22. The van der Waals surface area contributed by atoms with Gasteiger partial charge in [-0.3, -0.25) is 4.79 Å². The minimum Gasteiger partial charge on any atom is -0.451 e. The topological polar surface area (TPSA) is 45.5 Å². The Morgan fingerprint density at radius 1 is 1.00 bits per heavy atom. The number of rotatable bonds is 4. The molecule has 0 bridgehead atoms. The highest BCUT2D eigenvalue weighted by Gasteiger charge is 2.21.